The van der Waals surface area contributed by atoms with Crippen molar-refractivity contribution in [3.8, 4) is 5.75 Å². The predicted molar refractivity (Wildman–Crippen MR) is 105 cm³/mol. The summed E-state index contributed by atoms with van der Waals surface area (Å²) in [5, 5.41) is 9.53. The van der Waals surface area contributed by atoms with Crippen LogP contribution in [-0.4, -0.2) is 28.0 Å². The minimum atomic E-state index is -0.319. The van der Waals surface area contributed by atoms with Crippen molar-refractivity contribution in [2.24, 2.45) is 0 Å². The summed E-state index contributed by atoms with van der Waals surface area (Å²) in [6.45, 7) is 1.78. The highest BCUT2D eigenvalue weighted by molar-refractivity contribution is 6.06. The van der Waals surface area contributed by atoms with Gasteiger partial charge in [-0.05, 0) is 49.2 Å². The first-order valence-electron chi connectivity index (χ1n) is 9.32. The summed E-state index contributed by atoms with van der Waals surface area (Å²) in [4.78, 5) is 28.8. The highest BCUT2D eigenvalue weighted by Gasteiger charge is 2.23. The van der Waals surface area contributed by atoms with Gasteiger partial charge in [0.1, 0.15) is 5.75 Å². The van der Waals surface area contributed by atoms with E-state index in [1.54, 1.807) is 55.5 Å². The number of nitrogens with one attached hydrogen (secondary N) is 2. The summed E-state index contributed by atoms with van der Waals surface area (Å²) < 4.78 is 10.6. The number of nitrogens with zero attached hydrogens (tertiary/aromatic N) is 2. The number of benzene rings is 2. The number of rotatable bonds is 7. The van der Waals surface area contributed by atoms with Gasteiger partial charge in [-0.1, -0.05) is 17.3 Å². The third-order valence-electron chi connectivity index (χ3n) is 4.38. The fourth-order valence-corrected chi connectivity index (χ4v) is 2.72. The van der Waals surface area contributed by atoms with E-state index in [1.165, 1.54) is 0 Å². The van der Waals surface area contributed by atoms with Gasteiger partial charge < -0.3 is 19.9 Å². The second-order valence-corrected chi connectivity index (χ2v) is 6.79. The standard InChI is InChI=1S/C21H20N4O4/c1-13-22-19(25-29-13)12-28-18-5-3-2-4-17(18)21(27)24-15-8-6-14(7-9-15)20(26)23-16-10-11-16/h2-9,16H,10-12H2,1H3,(H,23,26)(H,24,27). The molecule has 0 unspecified atom stereocenters. The maximum atomic E-state index is 12.7. The molecule has 0 radical (unpaired) electrons. The molecule has 2 amide bonds. The summed E-state index contributed by atoms with van der Waals surface area (Å²) in [5.74, 6) is 0.843. The maximum absolute atomic E-state index is 12.7. The fraction of sp³-hybridized carbons (Fsp3) is 0.238. The van der Waals surface area contributed by atoms with Crippen LogP contribution in [0.4, 0.5) is 5.69 Å². The summed E-state index contributed by atoms with van der Waals surface area (Å²) in [6, 6.07) is 14.0. The maximum Gasteiger partial charge on any atom is 0.259 e. The van der Waals surface area contributed by atoms with Gasteiger partial charge in [-0.15, -0.1) is 0 Å². The monoisotopic (exact) mass is 392 g/mol. The zero-order valence-corrected chi connectivity index (χ0v) is 15.8. The van der Waals surface area contributed by atoms with Crippen LogP contribution in [0.15, 0.2) is 53.1 Å². The number of anilines is 1. The average Bonchev–Trinajstić information content (AvgIpc) is 3.45. The number of amides is 2. The molecule has 8 nitrogen and oxygen atoms in total. The zero-order chi connectivity index (χ0) is 20.2. The molecule has 8 heteroatoms. The topological polar surface area (TPSA) is 106 Å². The van der Waals surface area contributed by atoms with Crippen molar-refractivity contribution in [2.45, 2.75) is 32.4 Å². The van der Waals surface area contributed by atoms with Gasteiger partial charge in [0, 0.05) is 24.2 Å². The first-order valence-corrected chi connectivity index (χ1v) is 9.32. The van der Waals surface area contributed by atoms with E-state index in [4.69, 9.17) is 9.26 Å². The van der Waals surface area contributed by atoms with Gasteiger partial charge in [0.25, 0.3) is 11.8 Å². The van der Waals surface area contributed by atoms with Crippen molar-refractivity contribution in [2.75, 3.05) is 5.32 Å². The Bertz CT molecular complexity index is 1030. The molecular formula is C21H20N4O4. The lowest BCUT2D eigenvalue weighted by Gasteiger charge is -2.11. The second kappa shape index (κ2) is 8.14. The highest BCUT2D eigenvalue weighted by atomic mass is 16.5. The lowest BCUT2D eigenvalue weighted by molar-refractivity contribution is 0.0950. The number of hydrogen-bond donors (Lipinski definition) is 2. The van der Waals surface area contributed by atoms with E-state index >= 15 is 0 Å². The normalized spacial score (nSPS) is 13.0. The Balaban J connectivity index is 1.40. The van der Waals surface area contributed by atoms with Gasteiger partial charge in [-0.2, -0.15) is 4.98 Å². The number of carbonyl (C=O) groups is 2. The Kier molecular flexibility index (Phi) is 5.24. The smallest absolute Gasteiger partial charge is 0.259 e. The molecule has 0 aliphatic heterocycles. The van der Waals surface area contributed by atoms with Gasteiger partial charge >= 0.3 is 0 Å². The van der Waals surface area contributed by atoms with Crippen molar-refractivity contribution in [3.05, 3.63) is 71.4 Å². The quantitative estimate of drug-likeness (QED) is 0.640. The molecule has 1 aromatic heterocycles. The Morgan fingerprint density at radius 2 is 1.86 bits per heavy atom. The number of ether oxygens (including phenoxy) is 1. The SMILES string of the molecule is Cc1nc(COc2ccccc2C(=O)Nc2ccc(C(=O)NC3CC3)cc2)no1. The van der Waals surface area contributed by atoms with Crippen molar-refractivity contribution in [1.29, 1.82) is 0 Å². The molecule has 4 rings (SSSR count). The van der Waals surface area contributed by atoms with Crippen LogP contribution in [-0.2, 0) is 6.61 Å². The van der Waals surface area contributed by atoms with Crippen molar-refractivity contribution in [3.63, 3.8) is 0 Å². The molecule has 0 atom stereocenters. The third kappa shape index (κ3) is 4.78. The van der Waals surface area contributed by atoms with Crippen molar-refractivity contribution in [1.82, 2.24) is 15.5 Å². The molecule has 1 aliphatic rings. The van der Waals surface area contributed by atoms with Crippen LogP contribution in [0, 0.1) is 6.92 Å². The lowest BCUT2D eigenvalue weighted by Crippen LogP contribution is -2.25. The molecule has 2 aromatic carbocycles. The average molecular weight is 392 g/mol. The van der Waals surface area contributed by atoms with E-state index in [-0.39, 0.29) is 18.4 Å². The summed E-state index contributed by atoms with van der Waals surface area (Å²) in [7, 11) is 0. The summed E-state index contributed by atoms with van der Waals surface area (Å²) in [5.41, 5.74) is 1.53. The van der Waals surface area contributed by atoms with Crippen LogP contribution in [0.5, 0.6) is 5.75 Å². The Morgan fingerprint density at radius 3 is 2.55 bits per heavy atom. The first-order chi connectivity index (χ1) is 14.1. The van der Waals surface area contributed by atoms with E-state index in [0.717, 1.165) is 12.8 Å². The molecule has 148 valence electrons. The molecule has 0 saturated heterocycles. The van der Waals surface area contributed by atoms with Crippen LogP contribution in [0.1, 0.15) is 45.3 Å². The largest absolute Gasteiger partial charge is 0.485 e. The number of hydrogen-bond acceptors (Lipinski definition) is 6. The van der Waals surface area contributed by atoms with Crippen molar-refractivity contribution >= 4 is 17.5 Å². The number of carbonyl (C=O) groups excluding carboxylic acids is 2. The second-order valence-electron chi connectivity index (χ2n) is 6.79. The van der Waals surface area contributed by atoms with E-state index in [0.29, 0.717) is 40.3 Å². The van der Waals surface area contributed by atoms with Gasteiger partial charge in [-0.3, -0.25) is 9.59 Å². The lowest BCUT2D eigenvalue weighted by atomic mass is 10.1. The molecule has 2 N–H and O–H groups in total. The van der Waals surface area contributed by atoms with Crippen LogP contribution in [0.3, 0.4) is 0 Å². The highest BCUT2D eigenvalue weighted by Crippen LogP contribution is 2.22. The van der Waals surface area contributed by atoms with Gasteiger partial charge in [0.05, 0.1) is 5.56 Å². The van der Waals surface area contributed by atoms with Crippen LogP contribution < -0.4 is 15.4 Å². The third-order valence-corrected chi connectivity index (χ3v) is 4.38. The molecule has 1 fully saturated rings. The van der Waals surface area contributed by atoms with E-state index < -0.39 is 0 Å². The van der Waals surface area contributed by atoms with E-state index in [1.807, 2.05) is 0 Å². The zero-order valence-electron chi connectivity index (χ0n) is 15.8. The van der Waals surface area contributed by atoms with Gasteiger partial charge in [0.15, 0.2) is 6.61 Å². The van der Waals surface area contributed by atoms with E-state index in [9.17, 15) is 9.59 Å². The van der Waals surface area contributed by atoms with Crippen LogP contribution >= 0.6 is 0 Å². The number of aromatic nitrogens is 2. The molecule has 1 heterocycles. The van der Waals surface area contributed by atoms with Crippen LogP contribution in [0.2, 0.25) is 0 Å². The minimum absolute atomic E-state index is 0.0897. The number of para-hydroxylation sites is 1. The Morgan fingerprint density at radius 1 is 1.10 bits per heavy atom. The van der Waals surface area contributed by atoms with Gasteiger partial charge in [-0.25, -0.2) is 0 Å². The Hall–Kier alpha value is -3.68. The fourth-order valence-electron chi connectivity index (χ4n) is 2.72. The molecule has 1 saturated carbocycles. The molecule has 3 aromatic rings. The predicted octanol–water partition coefficient (Wildman–Crippen LogP) is 3.10. The molecule has 1 aliphatic carbocycles. The summed E-state index contributed by atoms with van der Waals surface area (Å²) in [6.07, 6.45) is 2.07. The van der Waals surface area contributed by atoms with Gasteiger partial charge in [0.2, 0.25) is 11.7 Å². The Labute approximate surface area is 167 Å². The molecule has 0 spiro atoms. The first kappa shape index (κ1) is 18.7. The number of aryl methyl sites for hydroxylation is 1. The van der Waals surface area contributed by atoms with Crippen molar-refractivity contribution < 1.29 is 18.8 Å². The minimum Gasteiger partial charge on any atom is -0.485 e. The van der Waals surface area contributed by atoms with Crippen LogP contribution in [0.25, 0.3) is 0 Å². The van der Waals surface area contributed by atoms with E-state index in [2.05, 4.69) is 20.8 Å². The molecule has 29 heavy (non-hydrogen) atoms. The molecular weight excluding hydrogens is 372 g/mol. The summed E-state index contributed by atoms with van der Waals surface area (Å²) >= 11 is 0. The molecule has 0 bridgehead atoms.